The van der Waals surface area contributed by atoms with E-state index in [0.717, 1.165) is 17.8 Å². The molecule has 0 fully saturated rings. The predicted octanol–water partition coefficient (Wildman–Crippen LogP) is 2.24. The molecule has 1 N–H and O–H groups in total. The van der Waals surface area contributed by atoms with Gasteiger partial charge in [-0.25, -0.2) is 4.98 Å². The lowest BCUT2D eigenvalue weighted by Gasteiger charge is -2.10. The van der Waals surface area contributed by atoms with Crippen molar-refractivity contribution < 1.29 is 4.74 Å². The number of ether oxygens (including phenoxy) is 1. The molecule has 4 nitrogen and oxygen atoms in total. The summed E-state index contributed by atoms with van der Waals surface area (Å²) in [5, 5.41) is 2.98. The summed E-state index contributed by atoms with van der Waals surface area (Å²) in [5.74, 6) is 0.648. The zero-order valence-corrected chi connectivity index (χ0v) is 12.2. The topological polar surface area (TPSA) is 37.4 Å². The fourth-order valence-corrected chi connectivity index (χ4v) is 1.12. The maximum Gasteiger partial charge on any atom is 0.213 e. The summed E-state index contributed by atoms with van der Waals surface area (Å²) in [6.45, 7) is 9.39. The van der Waals surface area contributed by atoms with Gasteiger partial charge < -0.3 is 15.0 Å². The van der Waals surface area contributed by atoms with Gasteiger partial charge in [-0.1, -0.05) is 20.4 Å². The average Bonchev–Trinajstić information content (AvgIpc) is 2.40. The van der Waals surface area contributed by atoms with Crippen LogP contribution >= 0.6 is 0 Å². The summed E-state index contributed by atoms with van der Waals surface area (Å²) in [6.07, 6.45) is 1.75. The van der Waals surface area contributed by atoms with Crippen molar-refractivity contribution in [1.82, 2.24) is 15.2 Å². The summed E-state index contributed by atoms with van der Waals surface area (Å²) in [6, 6.07) is 3.80. The minimum absolute atomic E-state index is 0.645. The van der Waals surface area contributed by atoms with Gasteiger partial charge >= 0.3 is 0 Å². The highest BCUT2D eigenvalue weighted by molar-refractivity contribution is 5.60. The quantitative estimate of drug-likeness (QED) is 0.841. The number of pyridine rings is 1. The summed E-state index contributed by atoms with van der Waals surface area (Å²) >= 11 is 0. The van der Waals surface area contributed by atoms with E-state index < -0.39 is 0 Å². The highest BCUT2D eigenvalue weighted by Gasteiger charge is 1.99. The van der Waals surface area contributed by atoms with E-state index in [9.17, 15) is 0 Å². The second-order valence-corrected chi connectivity index (χ2v) is 3.77. The molecule has 18 heavy (non-hydrogen) atoms. The molecule has 0 aromatic carbocycles. The molecular formula is C14H25N3O. The highest BCUT2D eigenvalue weighted by atomic mass is 16.5. The van der Waals surface area contributed by atoms with Crippen molar-refractivity contribution in [3.63, 3.8) is 0 Å². The molecule has 0 atom stereocenters. The third kappa shape index (κ3) is 6.25. The van der Waals surface area contributed by atoms with Crippen LogP contribution in [0.3, 0.4) is 0 Å². The van der Waals surface area contributed by atoms with E-state index >= 15 is 0 Å². The molecule has 0 radical (unpaired) electrons. The normalized spacial score (nSPS) is 9.44. The molecule has 1 aromatic rings. The molecule has 0 unspecified atom stereocenters. The third-order valence-electron chi connectivity index (χ3n) is 2.18. The molecule has 0 aliphatic rings. The SMILES string of the molecule is C=C(NC)c1ccc(OCCN(C)C)nc1.CC. The number of nitrogens with one attached hydrogen (secondary N) is 1. The Labute approximate surface area is 111 Å². The lowest BCUT2D eigenvalue weighted by Crippen LogP contribution is -2.19. The molecule has 102 valence electrons. The summed E-state index contributed by atoms with van der Waals surface area (Å²) in [5.41, 5.74) is 1.83. The third-order valence-corrected chi connectivity index (χ3v) is 2.18. The molecule has 0 spiro atoms. The molecule has 1 rings (SSSR count). The van der Waals surface area contributed by atoms with Gasteiger partial charge in [0.15, 0.2) is 0 Å². The van der Waals surface area contributed by atoms with Crippen molar-refractivity contribution in [1.29, 1.82) is 0 Å². The first-order valence-corrected chi connectivity index (χ1v) is 6.24. The molecule has 0 saturated carbocycles. The zero-order chi connectivity index (χ0) is 14.0. The van der Waals surface area contributed by atoms with Crippen molar-refractivity contribution >= 4 is 5.70 Å². The van der Waals surface area contributed by atoms with Crippen LogP contribution in [0.4, 0.5) is 0 Å². The number of hydrogen-bond donors (Lipinski definition) is 1. The van der Waals surface area contributed by atoms with Gasteiger partial charge in [-0.15, -0.1) is 0 Å². The fourth-order valence-electron chi connectivity index (χ4n) is 1.12. The van der Waals surface area contributed by atoms with Gasteiger partial charge in [0.05, 0.1) is 0 Å². The van der Waals surface area contributed by atoms with Crippen molar-refractivity contribution in [2.45, 2.75) is 13.8 Å². The predicted molar refractivity (Wildman–Crippen MR) is 77.7 cm³/mol. The minimum atomic E-state index is 0.645. The van der Waals surface area contributed by atoms with E-state index in [1.54, 1.807) is 6.20 Å². The van der Waals surface area contributed by atoms with Crippen LogP contribution in [0.5, 0.6) is 5.88 Å². The maximum absolute atomic E-state index is 5.48. The minimum Gasteiger partial charge on any atom is -0.476 e. The Morgan fingerprint density at radius 1 is 1.39 bits per heavy atom. The lowest BCUT2D eigenvalue weighted by atomic mass is 10.2. The molecule has 4 heteroatoms. The lowest BCUT2D eigenvalue weighted by molar-refractivity contribution is 0.254. The van der Waals surface area contributed by atoms with Crippen LogP contribution in [0.1, 0.15) is 19.4 Å². The van der Waals surface area contributed by atoms with E-state index in [0.29, 0.717) is 12.5 Å². The van der Waals surface area contributed by atoms with E-state index in [1.165, 1.54) is 0 Å². The van der Waals surface area contributed by atoms with Crippen LogP contribution in [0, 0.1) is 0 Å². The van der Waals surface area contributed by atoms with Gasteiger partial charge in [0.1, 0.15) is 6.61 Å². The van der Waals surface area contributed by atoms with E-state index in [1.807, 2.05) is 47.1 Å². The molecule has 0 amide bonds. The van der Waals surface area contributed by atoms with Crippen LogP contribution in [0.15, 0.2) is 24.9 Å². The summed E-state index contributed by atoms with van der Waals surface area (Å²) in [7, 11) is 5.86. The maximum atomic E-state index is 5.48. The van der Waals surface area contributed by atoms with Gasteiger partial charge in [0.25, 0.3) is 0 Å². The first-order valence-electron chi connectivity index (χ1n) is 6.24. The Morgan fingerprint density at radius 3 is 2.50 bits per heavy atom. The fraction of sp³-hybridized carbons (Fsp3) is 0.500. The summed E-state index contributed by atoms with van der Waals surface area (Å²) < 4.78 is 5.48. The number of rotatable bonds is 6. The Hall–Kier alpha value is -1.55. The Balaban J connectivity index is 0.00000137. The second-order valence-electron chi connectivity index (χ2n) is 3.77. The Morgan fingerprint density at radius 2 is 2.06 bits per heavy atom. The molecule has 1 aromatic heterocycles. The van der Waals surface area contributed by atoms with Crippen molar-refractivity contribution in [2.24, 2.45) is 0 Å². The largest absolute Gasteiger partial charge is 0.476 e. The van der Waals surface area contributed by atoms with Gasteiger partial charge in [0, 0.05) is 37.1 Å². The van der Waals surface area contributed by atoms with Gasteiger partial charge in [-0.2, -0.15) is 0 Å². The number of likely N-dealkylation sites (N-methyl/N-ethyl adjacent to an activating group) is 1. The number of nitrogens with zero attached hydrogens (tertiary/aromatic N) is 2. The standard InChI is InChI=1S/C12H19N3O.C2H6/c1-10(13-2)11-5-6-12(14-9-11)16-8-7-15(3)4;1-2/h5-6,9,13H,1,7-8H2,2-4H3;1-2H3. The smallest absolute Gasteiger partial charge is 0.213 e. The average molecular weight is 251 g/mol. The Kier molecular flexibility index (Phi) is 8.66. The van der Waals surface area contributed by atoms with Gasteiger partial charge in [-0.3, -0.25) is 0 Å². The van der Waals surface area contributed by atoms with Crippen LogP contribution in [-0.2, 0) is 0 Å². The first-order chi connectivity index (χ1) is 8.63. The van der Waals surface area contributed by atoms with Crippen LogP contribution in [-0.4, -0.2) is 44.2 Å². The van der Waals surface area contributed by atoms with Crippen molar-refractivity contribution in [3.05, 3.63) is 30.5 Å². The van der Waals surface area contributed by atoms with E-state index in [4.69, 9.17) is 4.74 Å². The Bertz CT molecular complexity index is 333. The monoisotopic (exact) mass is 251 g/mol. The van der Waals surface area contributed by atoms with Crippen LogP contribution < -0.4 is 10.1 Å². The van der Waals surface area contributed by atoms with Gasteiger partial charge in [-0.05, 0) is 20.2 Å². The first kappa shape index (κ1) is 16.4. The zero-order valence-electron chi connectivity index (χ0n) is 12.2. The summed E-state index contributed by atoms with van der Waals surface area (Å²) in [4.78, 5) is 6.27. The molecule has 0 aliphatic heterocycles. The van der Waals surface area contributed by atoms with Gasteiger partial charge in [0.2, 0.25) is 5.88 Å². The molecule has 1 heterocycles. The van der Waals surface area contributed by atoms with E-state index in [2.05, 4.69) is 21.8 Å². The highest BCUT2D eigenvalue weighted by Crippen LogP contribution is 2.11. The van der Waals surface area contributed by atoms with Crippen LogP contribution in [0.2, 0.25) is 0 Å². The van der Waals surface area contributed by atoms with E-state index in [-0.39, 0.29) is 0 Å². The number of aromatic nitrogens is 1. The molecule has 0 bridgehead atoms. The second kappa shape index (κ2) is 9.48. The molecule has 0 saturated heterocycles. The van der Waals surface area contributed by atoms with Crippen molar-refractivity contribution in [2.75, 3.05) is 34.3 Å². The number of hydrogen-bond acceptors (Lipinski definition) is 4. The molecular weight excluding hydrogens is 226 g/mol. The van der Waals surface area contributed by atoms with Crippen LogP contribution in [0.25, 0.3) is 5.70 Å². The molecule has 0 aliphatic carbocycles. The van der Waals surface area contributed by atoms with Crippen molar-refractivity contribution in [3.8, 4) is 5.88 Å².